The monoisotopic (exact) mass is 224 g/mol. The van der Waals surface area contributed by atoms with E-state index in [2.05, 4.69) is 5.32 Å². The van der Waals surface area contributed by atoms with E-state index in [-0.39, 0.29) is 11.7 Å². The van der Waals surface area contributed by atoms with Crippen LogP contribution in [0.3, 0.4) is 0 Å². The van der Waals surface area contributed by atoms with Gasteiger partial charge in [0.25, 0.3) is 0 Å². The van der Waals surface area contributed by atoms with Crippen LogP contribution >= 0.6 is 0 Å². The fourth-order valence-electron chi connectivity index (χ4n) is 1.09. The van der Waals surface area contributed by atoms with Gasteiger partial charge in [0.1, 0.15) is 0 Å². The summed E-state index contributed by atoms with van der Waals surface area (Å²) in [6.07, 6.45) is -1.16. The highest BCUT2D eigenvalue weighted by Crippen LogP contribution is 2.24. The predicted octanol–water partition coefficient (Wildman–Crippen LogP) is 1.65. The van der Waals surface area contributed by atoms with Crippen molar-refractivity contribution in [2.75, 3.05) is 5.32 Å². The zero-order valence-corrected chi connectivity index (χ0v) is 8.97. The maximum absolute atomic E-state index is 10.9. The highest BCUT2D eigenvalue weighted by Gasteiger charge is 2.16. The smallest absolute Gasteiger partial charge is 0.351 e. The number of nitrogens with zero attached hydrogens (tertiary/aromatic N) is 1. The molecule has 1 N–H and O–H groups in total. The quantitative estimate of drug-likeness (QED) is 0.479. The van der Waals surface area contributed by atoms with Gasteiger partial charge in [-0.1, -0.05) is 12.1 Å². The Hall–Kier alpha value is -2.11. The number of ether oxygens (including phenoxy) is 1. The third-order valence-corrected chi connectivity index (χ3v) is 1.79. The number of nitro groups is 1. The van der Waals surface area contributed by atoms with Crippen LogP contribution in [0, 0.1) is 10.1 Å². The first-order chi connectivity index (χ1) is 7.50. The molecule has 6 nitrogen and oxygen atoms in total. The number of nitrogens with one attached hydrogen (secondary N) is 1. The number of hydrogen-bond donors (Lipinski definition) is 1. The molecule has 0 saturated carbocycles. The molecule has 0 aliphatic heterocycles. The lowest BCUT2D eigenvalue weighted by atomic mass is 10.3. The molecular weight excluding hydrogens is 212 g/mol. The lowest BCUT2D eigenvalue weighted by molar-refractivity contribution is -0.557. The van der Waals surface area contributed by atoms with Gasteiger partial charge in [-0.25, -0.2) is 0 Å². The van der Waals surface area contributed by atoms with Gasteiger partial charge in [-0.15, -0.1) is 0 Å². The van der Waals surface area contributed by atoms with E-state index in [0.717, 1.165) is 0 Å². The maximum Gasteiger partial charge on any atom is 0.351 e. The van der Waals surface area contributed by atoms with Gasteiger partial charge >= 0.3 is 6.23 Å². The minimum Gasteiger partial charge on any atom is -0.428 e. The van der Waals surface area contributed by atoms with Crippen LogP contribution in [0.25, 0.3) is 0 Å². The van der Waals surface area contributed by atoms with Crippen molar-refractivity contribution < 1.29 is 14.5 Å². The van der Waals surface area contributed by atoms with Gasteiger partial charge in [0, 0.05) is 13.8 Å². The van der Waals surface area contributed by atoms with Crippen molar-refractivity contribution in [1.82, 2.24) is 0 Å². The number of hydrogen-bond acceptors (Lipinski definition) is 4. The summed E-state index contributed by atoms with van der Waals surface area (Å²) < 4.78 is 5.09. The molecule has 1 unspecified atom stereocenters. The number of rotatable bonds is 4. The number of carbonyl (C=O) groups is 1. The van der Waals surface area contributed by atoms with Gasteiger partial charge < -0.3 is 10.1 Å². The van der Waals surface area contributed by atoms with Crippen molar-refractivity contribution in [2.24, 2.45) is 0 Å². The maximum atomic E-state index is 10.9. The van der Waals surface area contributed by atoms with Crippen LogP contribution in [0.4, 0.5) is 5.69 Å². The molecule has 16 heavy (non-hydrogen) atoms. The molecule has 0 bridgehead atoms. The van der Waals surface area contributed by atoms with Gasteiger partial charge in [0.15, 0.2) is 5.75 Å². The molecule has 1 atom stereocenters. The lowest BCUT2D eigenvalue weighted by Crippen LogP contribution is -2.22. The molecule has 0 aromatic heterocycles. The summed E-state index contributed by atoms with van der Waals surface area (Å²) in [6, 6.07) is 6.55. The summed E-state index contributed by atoms with van der Waals surface area (Å²) in [5, 5.41) is 13.0. The predicted molar refractivity (Wildman–Crippen MR) is 57.8 cm³/mol. The van der Waals surface area contributed by atoms with Crippen molar-refractivity contribution in [3.63, 3.8) is 0 Å². The number of amides is 1. The lowest BCUT2D eigenvalue weighted by Gasteiger charge is -2.11. The molecule has 0 fully saturated rings. The highest BCUT2D eigenvalue weighted by atomic mass is 16.7. The average Bonchev–Trinajstić information content (AvgIpc) is 2.20. The molecule has 0 aliphatic carbocycles. The normalized spacial score (nSPS) is 11.6. The summed E-state index contributed by atoms with van der Waals surface area (Å²) >= 11 is 0. The summed E-state index contributed by atoms with van der Waals surface area (Å²) in [6.45, 7) is 2.68. The summed E-state index contributed by atoms with van der Waals surface area (Å²) in [5.74, 6) is 0.0201. The van der Waals surface area contributed by atoms with Crippen LogP contribution in [-0.2, 0) is 4.79 Å². The van der Waals surface area contributed by atoms with Crippen molar-refractivity contribution >= 4 is 11.6 Å². The van der Waals surface area contributed by atoms with E-state index in [9.17, 15) is 14.9 Å². The van der Waals surface area contributed by atoms with E-state index < -0.39 is 11.2 Å². The first-order valence-corrected chi connectivity index (χ1v) is 4.67. The average molecular weight is 224 g/mol. The van der Waals surface area contributed by atoms with E-state index in [0.29, 0.717) is 5.69 Å². The van der Waals surface area contributed by atoms with E-state index in [4.69, 9.17) is 4.74 Å². The molecule has 1 rings (SSSR count). The van der Waals surface area contributed by atoms with Crippen molar-refractivity contribution in [3.8, 4) is 5.75 Å². The Kier molecular flexibility index (Phi) is 3.82. The molecule has 0 spiro atoms. The van der Waals surface area contributed by atoms with E-state index in [1.54, 1.807) is 24.3 Å². The van der Waals surface area contributed by atoms with Crippen LogP contribution in [0.2, 0.25) is 0 Å². The van der Waals surface area contributed by atoms with Crippen LogP contribution < -0.4 is 10.1 Å². The minimum atomic E-state index is -1.16. The van der Waals surface area contributed by atoms with Gasteiger partial charge in [-0.05, 0) is 12.1 Å². The van der Waals surface area contributed by atoms with Crippen LogP contribution in [0.5, 0.6) is 5.75 Å². The Bertz CT molecular complexity index is 406. The van der Waals surface area contributed by atoms with Crippen LogP contribution in [0.1, 0.15) is 13.8 Å². The van der Waals surface area contributed by atoms with E-state index >= 15 is 0 Å². The fourth-order valence-corrected chi connectivity index (χ4v) is 1.09. The largest absolute Gasteiger partial charge is 0.428 e. The van der Waals surface area contributed by atoms with Gasteiger partial charge in [-0.3, -0.25) is 14.9 Å². The standard InChI is InChI=1S/C10H12N2O4/c1-7(13)11-9-5-3-4-6-10(9)16-8(2)12(14)15/h3-6,8H,1-2H3,(H,11,13). The number of carbonyl (C=O) groups excluding carboxylic acids is 1. The van der Waals surface area contributed by atoms with E-state index in [1.165, 1.54) is 13.8 Å². The Morgan fingerprint density at radius 3 is 2.69 bits per heavy atom. The molecule has 6 heteroatoms. The number of anilines is 1. The fraction of sp³-hybridized carbons (Fsp3) is 0.300. The number of benzene rings is 1. The minimum absolute atomic E-state index is 0.259. The Morgan fingerprint density at radius 2 is 2.12 bits per heavy atom. The third kappa shape index (κ3) is 3.23. The zero-order valence-electron chi connectivity index (χ0n) is 8.97. The van der Waals surface area contributed by atoms with Gasteiger partial charge in [0.05, 0.1) is 10.6 Å². The zero-order chi connectivity index (χ0) is 12.1. The van der Waals surface area contributed by atoms with Crippen molar-refractivity contribution in [2.45, 2.75) is 20.1 Å². The first-order valence-electron chi connectivity index (χ1n) is 4.67. The summed E-state index contributed by atoms with van der Waals surface area (Å²) in [7, 11) is 0. The van der Waals surface area contributed by atoms with Crippen molar-refractivity contribution in [3.05, 3.63) is 34.4 Å². The molecule has 1 amide bonds. The first kappa shape index (κ1) is 12.0. The second-order valence-electron chi connectivity index (χ2n) is 3.18. The van der Waals surface area contributed by atoms with E-state index in [1.807, 2.05) is 0 Å². The molecular formula is C10H12N2O4. The molecule has 1 aromatic rings. The van der Waals surface area contributed by atoms with Crippen LogP contribution in [0.15, 0.2) is 24.3 Å². The Morgan fingerprint density at radius 1 is 1.50 bits per heavy atom. The highest BCUT2D eigenvalue weighted by molar-refractivity contribution is 5.90. The molecule has 0 saturated heterocycles. The Labute approximate surface area is 92.4 Å². The second kappa shape index (κ2) is 5.11. The summed E-state index contributed by atoms with van der Waals surface area (Å²) in [4.78, 5) is 20.8. The molecule has 0 aliphatic rings. The van der Waals surface area contributed by atoms with Gasteiger partial charge in [-0.2, -0.15) is 0 Å². The van der Waals surface area contributed by atoms with Crippen molar-refractivity contribution in [1.29, 1.82) is 0 Å². The third-order valence-electron chi connectivity index (χ3n) is 1.79. The number of para-hydroxylation sites is 2. The van der Waals surface area contributed by atoms with Gasteiger partial charge in [0.2, 0.25) is 5.91 Å². The topological polar surface area (TPSA) is 81.5 Å². The second-order valence-corrected chi connectivity index (χ2v) is 3.18. The molecule has 0 heterocycles. The molecule has 0 radical (unpaired) electrons. The molecule has 1 aromatic carbocycles. The summed E-state index contributed by atoms with van der Waals surface area (Å²) in [5.41, 5.74) is 0.420. The Balaban J connectivity index is 2.86. The van der Waals surface area contributed by atoms with Crippen LogP contribution in [-0.4, -0.2) is 17.1 Å². The molecule has 86 valence electrons. The SMILES string of the molecule is CC(=O)Nc1ccccc1OC(C)[N+](=O)[O-].